The van der Waals surface area contributed by atoms with E-state index in [1.165, 1.54) is 5.56 Å². The number of rotatable bonds is 1. The van der Waals surface area contributed by atoms with Crippen molar-refractivity contribution in [3.8, 4) is 0 Å². The lowest BCUT2D eigenvalue weighted by Gasteiger charge is -1.98. The van der Waals surface area contributed by atoms with Gasteiger partial charge in [-0.05, 0) is 24.6 Å². The highest BCUT2D eigenvalue weighted by Crippen LogP contribution is 2.25. The van der Waals surface area contributed by atoms with Crippen molar-refractivity contribution in [2.75, 3.05) is 0 Å². The molecule has 0 aliphatic carbocycles. The summed E-state index contributed by atoms with van der Waals surface area (Å²) in [5, 5.41) is 10.1. The molecule has 0 saturated heterocycles. The number of aliphatic hydroxyl groups is 1. The van der Waals surface area contributed by atoms with Crippen LogP contribution in [0.1, 0.15) is 11.3 Å². The molecule has 0 saturated carbocycles. The van der Waals surface area contributed by atoms with Crippen molar-refractivity contribution in [1.82, 2.24) is 4.98 Å². The summed E-state index contributed by atoms with van der Waals surface area (Å²) in [5.74, 6) is 0. The zero-order valence-electron chi connectivity index (χ0n) is 7.26. The van der Waals surface area contributed by atoms with Crippen LogP contribution in [0, 0.1) is 6.92 Å². The maximum absolute atomic E-state index is 8.96. The van der Waals surface area contributed by atoms with E-state index in [-0.39, 0.29) is 6.61 Å². The molecule has 13 heavy (non-hydrogen) atoms. The largest absolute Gasteiger partial charge is 0.390 e. The van der Waals surface area contributed by atoms with Gasteiger partial charge >= 0.3 is 0 Å². The number of H-pyrrole nitrogens is 1. The first kappa shape index (κ1) is 8.78. The molecule has 1 heterocycles. The molecule has 2 aromatic rings. The number of hydrogen-bond donors (Lipinski definition) is 2. The molecule has 1 aromatic heterocycles. The molecule has 0 atom stereocenters. The molecule has 0 fully saturated rings. The number of aromatic amines is 1. The van der Waals surface area contributed by atoms with E-state index < -0.39 is 0 Å². The molecular weight excluding hydrogens is 230 g/mol. The third kappa shape index (κ3) is 1.38. The van der Waals surface area contributed by atoms with E-state index >= 15 is 0 Å². The zero-order chi connectivity index (χ0) is 9.42. The fourth-order valence-electron chi connectivity index (χ4n) is 1.46. The van der Waals surface area contributed by atoms with Gasteiger partial charge in [-0.2, -0.15) is 0 Å². The van der Waals surface area contributed by atoms with Gasteiger partial charge in [0.05, 0.1) is 6.61 Å². The van der Waals surface area contributed by atoms with Crippen LogP contribution in [-0.2, 0) is 6.61 Å². The molecule has 0 aliphatic heterocycles. The van der Waals surface area contributed by atoms with Crippen LogP contribution >= 0.6 is 15.9 Å². The molecule has 0 amide bonds. The minimum Gasteiger partial charge on any atom is -0.390 e. The molecule has 0 radical (unpaired) electrons. The normalized spacial score (nSPS) is 11.0. The summed E-state index contributed by atoms with van der Waals surface area (Å²) in [6.45, 7) is 2.11. The Balaban J connectivity index is 2.76. The molecule has 0 unspecified atom stereocenters. The van der Waals surface area contributed by atoms with Crippen molar-refractivity contribution < 1.29 is 5.11 Å². The summed E-state index contributed by atoms with van der Waals surface area (Å²) < 4.78 is 1.09. The number of nitrogens with one attached hydrogen (secondary N) is 1. The molecule has 3 heteroatoms. The van der Waals surface area contributed by atoms with Crippen molar-refractivity contribution in [2.45, 2.75) is 13.5 Å². The van der Waals surface area contributed by atoms with E-state index in [1.807, 2.05) is 25.1 Å². The summed E-state index contributed by atoms with van der Waals surface area (Å²) >= 11 is 3.46. The van der Waals surface area contributed by atoms with Crippen LogP contribution in [0.4, 0.5) is 0 Å². The van der Waals surface area contributed by atoms with Gasteiger partial charge in [-0.3, -0.25) is 0 Å². The van der Waals surface area contributed by atoms with E-state index in [4.69, 9.17) is 5.11 Å². The smallest absolute Gasteiger partial charge is 0.0831 e. The van der Waals surface area contributed by atoms with Crippen LogP contribution in [0.2, 0.25) is 0 Å². The summed E-state index contributed by atoms with van der Waals surface area (Å²) in [6.07, 6.45) is 0. The maximum atomic E-state index is 8.96. The Labute approximate surface area is 84.7 Å². The van der Waals surface area contributed by atoms with Gasteiger partial charge < -0.3 is 10.1 Å². The van der Waals surface area contributed by atoms with Crippen LogP contribution < -0.4 is 0 Å². The molecule has 1 aromatic carbocycles. The van der Waals surface area contributed by atoms with Gasteiger partial charge in [-0.25, -0.2) is 0 Å². The Morgan fingerprint density at radius 2 is 2.23 bits per heavy atom. The second-order valence-electron chi connectivity index (χ2n) is 3.09. The van der Waals surface area contributed by atoms with Gasteiger partial charge in [0.2, 0.25) is 0 Å². The fraction of sp³-hybridized carbons (Fsp3) is 0.200. The summed E-state index contributed by atoms with van der Waals surface area (Å²) in [6, 6.07) is 6.02. The molecule has 68 valence electrons. The highest BCUT2D eigenvalue weighted by atomic mass is 79.9. The Morgan fingerprint density at radius 1 is 1.46 bits per heavy atom. The third-order valence-electron chi connectivity index (χ3n) is 2.22. The fourth-order valence-corrected chi connectivity index (χ4v) is 1.79. The van der Waals surface area contributed by atoms with Crippen LogP contribution in [0.15, 0.2) is 22.7 Å². The van der Waals surface area contributed by atoms with Crippen LogP contribution in [0.5, 0.6) is 0 Å². The number of aliphatic hydroxyl groups excluding tert-OH is 1. The number of hydrogen-bond acceptors (Lipinski definition) is 1. The first-order valence-electron chi connectivity index (χ1n) is 4.10. The maximum Gasteiger partial charge on any atom is 0.0831 e. The highest BCUT2D eigenvalue weighted by molar-refractivity contribution is 9.10. The van der Waals surface area contributed by atoms with Crippen LogP contribution in [-0.4, -0.2) is 10.1 Å². The van der Waals surface area contributed by atoms with Crippen molar-refractivity contribution in [3.05, 3.63) is 33.9 Å². The average molecular weight is 240 g/mol. The van der Waals surface area contributed by atoms with E-state index in [0.29, 0.717) is 0 Å². The van der Waals surface area contributed by atoms with Gasteiger partial charge in [0.15, 0.2) is 0 Å². The molecule has 2 nitrogen and oxygen atoms in total. The number of aromatic nitrogens is 1. The predicted octanol–water partition coefficient (Wildman–Crippen LogP) is 2.73. The second-order valence-corrected chi connectivity index (χ2v) is 3.94. The molecular formula is C10H10BrNO. The lowest BCUT2D eigenvalue weighted by Crippen LogP contribution is -1.81. The predicted molar refractivity (Wildman–Crippen MR) is 56.7 cm³/mol. The quantitative estimate of drug-likeness (QED) is 0.789. The summed E-state index contributed by atoms with van der Waals surface area (Å²) in [5.41, 5.74) is 3.13. The van der Waals surface area contributed by atoms with Crippen LogP contribution in [0.25, 0.3) is 10.9 Å². The monoisotopic (exact) mass is 239 g/mol. The molecule has 0 aliphatic rings. The van der Waals surface area contributed by atoms with E-state index in [0.717, 1.165) is 21.1 Å². The minimum atomic E-state index is 0.0612. The minimum absolute atomic E-state index is 0.0612. The van der Waals surface area contributed by atoms with Gasteiger partial charge in [0.1, 0.15) is 0 Å². The first-order valence-corrected chi connectivity index (χ1v) is 4.89. The van der Waals surface area contributed by atoms with Crippen molar-refractivity contribution in [1.29, 1.82) is 0 Å². The van der Waals surface area contributed by atoms with Gasteiger partial charge in [0.25, 0.3) is 0 Å². The number of benzene rings is 1. The Hall–Kier alpha value is -0.800. The number of halogens is 1. The van der Waals surface area contributed by atoms with E-state index in [1.54, 1.807) is 0 Å². The number of aryl methyl sites for hydroxylation is 1. The second kappa shape index (κ2) is 3.16. The van der Waals surface area contributed by atoms with Crippen molar-refractivity contribution in [2.24, 2.45) is 0 Å². The topological polar surface area (TPSA) is 36.0 Å². The SMILES string of the molecule is Cc1c(Br)ccc2cc(CO)[nH]c12. The molecule has 0 spiro atoms. The van der Waals surface area contributed by atoms with Gasteiger partial charge in [-0.1, -0.05) is 22.0 Å². The van der Waals surface area contributed by atoms with E-state index in [2.05, 4.69) is 20.9 Å². The Kier molecular flexibility index (Phi) is 2.14. The first-order chi connectivity index (χ1) is 6.22. The molecule has 2 N–H and O–H groups in total. The average Bonchev–Trinajstić information content (AvgIpc) is 2.55. The van der Waals surface area contributed by atoms with E-state index in [9.17, 15) is 0 Å². The van der Waals surface area contributed by atoms with Gasteiger partial charge in [0, 0.05) is 21.1 Å². The molecule has 2 rings (SSSR count). The Bertz CT molecular complexity index is 447. The van der Waals surface area contributed by atoms with Crippen molar-refractivity contribution in [3.63, 3.8) is 0 Å². The Morgan fingerprint density at radius 3 is 2.92 bits per heavy atom. The summed E-state index contributed by atoms with van der Waals surface area (Å²) in [7, 11) is 0. The summed E-state index contributed by atoms with van der Waals surface area (Å²) in [4.78, 5) is 3.17. The van der Waals surface area contributed by atoms with Gasteiger partial charge in [-0.15, -0.1) is 0 Å². The lowest BCUT2D eigenvalue weighted by atomic mass is 10.2. The van der Waals surface area contributed by atoms with Crippen LogP contribution in [0.3, 0.4) is 0 Å². The number of fused-ring (bicyclic) bond motifs is 1. The lowest BCUT2D eigenvalue weighted by molar-refractivity contribution is 0.278. The molecule has 0 bridgehead atoms. The highest BCUT2D eigenvalue weighted by Gasteiger charge is 2.04. The third-order valence-corrected chi connectivity index (χ3v) is 3.08. The van der Waals surface area contributed by atoms with Crippen molar-refractivity contribution >= 4 is 26.8 Å². The zero-order valence-corrected chi connectivity index (χ0v) is 8.85. The standard InChI is InChI=1S/C10H10BrNO/c1-6-9(11)3-2-7-4-8(5-13)12-10(6)7/h2-4,12-13H,5H2,1H3.